The highest BCUT2D eigenvalue weighted by Crippen LogP contribution is 2.09. The molecule has 1 aromatic carbocycles. The summed E-state index contributed by atoms with van der Waals surface area (Å²) in [5, 5.41) is 3.01. The summed E-state index contributed by atoms with van der Waals surface area (Å²) in [5.41, 5.74) is 0.596. The third kappa shape index (κ3) is 3.38. The van der Waals surface area contributed by atoms with Gasteiger partial charge in [0.1, 0.15) is 5.82 Å². The highest BCUT2D eigenvalue weighted by atomic mass is 32.1. The number of ether oxygens (including phenoxy) is 1. The largest absolute Gasteiger partial charge is 0.471 e. The van der Waals surface area contributed by atoms with Crippen LogP contribution in [-0.2, 0) is 4.74 Å². The summed E-state index contributed by atoms with van der Waals surface area (Å²) in [6, 6.07) is 6.04. The summed E-state index contributed by atoms with van der Waals surface area (Å²) in [6.07, 6.45) is 0. The lowest BCUT2D eigenvalue weighted by Gasteiger charge is -2.07. The van der Waals surface area contributed by atoms with Crippen molar-refractivity contribution in [1.82, 2.24) is 0 Å². The number of hydrogen-bond donors (Lipinski definition) is 1. The lowest BCUT2D eigenvalue weighted by Crippen LogP contribution is -2.12. The molecule has 0 saturated carbocycles. The van der Waals surface area contributed by atoms with Crippen LogP contribution < -0.4 is 5.32 Å². The van der Waals surface area contributed by atoms with Gasteiger partial charge in [-0.05, 0) is 37.3 Å². The van der Waals surface area contributed by atoms with Gasteiger partial charge in [0.25, 0.3) is 5.17 Å². The van der Waals surface area contributed by atoms with E-state index >= 15 is 0 Å². The molecule has 2 nitrogen and oxygen atoms in total. The number of hydrogen-bond acceptors (Lipinski definition) is 2. The van der Waals surface area contributed by atoms with Gasteiger partial charge in [-0.3, -0.25) is 0 Å². The number of halogens is 1. The van der Waals surface area contributed by atoms with Crippen molar-refractivity contribution in [2.45, 2.75) is 6.92 Å². The van der Waals surface area contributed by atoms with E-state index in [2.05, 4.69) is 5.32 Å². The number of nitrogens with one attached hydrogen (secondary N) is 1. The molecule has 0 aromatic heterocycles. The molecule has 0 atom stereocenters. The molecule has 4 heteroatoms. The minimum atomic E-state index is -0.302. The first kappa shape index (κ1) is 9.92. The van der Waals surface area contributed by atoms with Gasteiger partial charge in [0.2, 0.25) is 0 Å². The van der Waals surface area contributed by atoms with E-state index in [0.717, 1.165) is 0 Å². The Morgan fingerprint density at radius 1 is 1.62 bits per heavy atom. The minimum Gasteiger partial charge on any atom is -0.471 e. The number of rotatable bonds is 2. The predicted molar refractivity (Wildman–Crippen MR) is 54.2 cm³/mol. The second-order valence-corrected chi connectivity index (χ2v) is 2.73. The zero-order chi connectivity index (χ0) is 9.68. The average Bonchev–Trinajstić information content (AvgIpc) is 2.04. The topological polar surface area (TPSA) is 21.3 Å². The van der Waals surface area contributed by atoms with E-state index in [4.69, 9.17) is 17.0 Å². The zero-order valence-corrected chi connectivity index (χ0v) is 8.03. The summed E-state index contributed by atoms with van der Waals surface area (Å²) in [6.45, 7) is 2.33. The molecular formula is C9H10FNOS. The van der Waals surface area contributed by atoms with Crippen molar-refractivity contribution >= 4 is 23.1 Å². The third-order valence-corrected chi connectivity index (χ3v) is 1.57. The summed E-state index contributed by atoms with van der Waals surface area (Å²) in [5.74, 6) is -0.302. The fourth-order valence-corrected chi connectivity index (χ4v) is 1.09. The van der Waals surface area contributed by atoms with Crippen LogP contribution in [-0.4, -0.2) is 11.8 Å². The van der Waals surface area contributed by atoms with Crippen LogP contribution in [0.4, 0.5) is 10.1 Å². The zero-order valence-electron chi connectivity index (χ0n) is 7.21. The van der Waals surface area contributed by atoms with Crippen molar-refractivity contribution in [2.75, 3.05) is 11.9 Å². The first-order chi connectivity index (χ1) is 6.22. The van der Waals surface area contributed by atoms with E-state index in [1.54, 1.807) is 12.1 Å². The van der Waals surface area contributed by atoms with Gasteiger partial charge in [-0.1, -0.05) is 6.07 Å². The molecule has 0 bridgehead atoms. The van der Waals surface area contributed by atoms with E-state index in [9.17, 15) is 4.39 Å². The number of thiocarbonyl (C=S) groups is 1. The molecule has 0 spiro atoms. The van der Waals surface area contributed by atoms with Gasteiger partial charge in [0, 0.05) is 5.69 Å². The maximum atomic E-state index is 12.7. The van der Waals surface area contributed by atoms with E-state index < -0.39 is 0 Å². The fourth-order valence-electron chi connectivity index (χ4n) is 0.851. The van der Waals surface area contributed by atoms with Gasteiger partial charge in [-0.2, -0.15) is 0 Å². The summed E-state index contributed by atoms with van der Waals surface area (Å²) in [4.78, 5) is 0. The Morgan fingerprint density at radius 2 is 2.38 bits per heavy atom. The van der Waals surface area contributed by atoms with Crippen molar-refractivity contribution in [3.8, 4) is 0 Å². The predicted octanol–water partition coefficient (Wildman–Crippen LogP) is 2.56. The smallest absolute Gasteiger partial charge is 0.261 e. The molecule has 0 aliphatic heterocycles. The van der Waals surface area contributed by atoms with Gasteiger partial charge in [0.05, 0.1) is 6.61 Å². The van der Waals surface area contributed by atoms with E-state index in [0.29, 0.717) is 12.3 Å². The summed E-state index contributed by atoms with van der Waals surface area (Å²) >= 11 is 4.82. The normalized spacial score (nSPS) is 9.38. The van der Waals surface area contributed by atoms with Crippen molar-refractivity contribution < 1.29 is 9.13 Å². The van der Waals surface area contributed by atoms with Crippen molar-refractivity contribution in [3.05, 3.63) is 30.1 Å². The van der Waals surface area contributed by atoms with Gasteiger partial charge in [0.15, 0.2) is 0 Å². The van der Waals surface area contributed by atoms with Crippen LogP contribution in [0.15, 0.2) is 24.3 Å². The average molecular weight is 199 g/mol. The van der Waals surface area contributed by atoms with E-state index in [1.807, 2.05) is 6.92 Å². The lowest BCUT2D eigenvalue weighted by atomic mass is 10.3. The molecular weight excluding hydrogens is 189 g/mol. The van der Waals surface area contributed by atoms with Crippen LogP contribution in [0.25, 0.3) is 0 Å². The second-order valence-electron chi connectivity index (χ2n) is 2.36. The van der Waals surface area contributed by atoms with Crippen molar-refractivity contribution in [3.63, 3.8) is 0 Å². The molecule has 70 valence electrons. The summed E-state index contributed by atoms with van der Waals surface area (Å²) < 4.78 is 17.7. The van der Waals surface area contributed by atoms with Crippen molar-refractivity contribution in [1.29, 1.82) is 0 Å². The monoisotopic (exact) mass is 199 g/mol. The molecule has 0 fully saturated rings. The second kappa shape index (κ2) is 4.77. The number of anilines is 1. The van der Waals surface area contributed by atoms with Crippen LogP contribution >= 0.6 is 12.2 Å². The first-order valence-electron chi connectivity index (χ1n) is 3.91. The first-order valence-corrected chi connectivity index (χ1v) is 4.32. The van der Waals surface area contributed by atoms with Gasteiger partial charge in [-0.15, -0.1) is 0 Å². The Hall–Kier alpha value is -1.16. The SMILES string of the molecule is CCOC(=S)Nc1cccc(F)c1. The van der Waals surface area contributed by atoms with E-state index in [1.165, 1.54) is 12.1 Å². The number of benzene rings is 1. The molecule has 0 radical (unpaired) electrons. The van der Waals surface area contributed by atoms with Crippen LogP contribution in [0.1, 0.15) is 6.92 Å². The van der Waals surface area contributed by atoms with E-state index in [-0.39, 0.29) is 11.0 Å². The maximum Gasteiger partial charge on any atom is 0.261 e. The Morgan fingerprint density at radius 3 is 3.00 bits per heavy atom. The van der Waals surface area contributed by atoms with Gasteiger partial charge < -0.3 is 10.1 Å². The highest BCUT2D eigenvalue weighted by Gasteiger charge is 1.97. The Kier molecular flexibility index (Phi) is 3.64. The molecule has 0 aliphatic carbocycles. The standard InChI is InChI=1S/C9H10FNOS/c1-2-12-9(13)11-8-5-3-4-7(10)6-8/h3-6H,2H2,1H3,(H,11,13). The molecule has 0 unspecified atom stereocenters. The van der Waals surface area contributed by atoms with Crippen LogP contribution in [0.3, 0.4) is 0 Å². The van der Waals surface area contributed by atoms with Crippen LogP contribution in [0, 0.1) is 5.82 Å². The third-order valence-electron chi connectivity index (χ3n) is 1.35. The summed E-state index contributed by atoms with van der Waals surface area (Å²) in [7, 11) is 0. The Labute approximate surface area is 81.7 Å². The molecule has 1 aromatic rings. The molecule has 0 saturated heterocycles. The van der Waals surface area contributed by atoms with Crippen LogP contribution in [0.2, 0.25) is 0 Å². The lowest BCUT2D eigenvalue weighted by molar-refractivity contribution is 0.335. The quantitative estimate of drug-likeness (QED) is 0.740. The minimum absolute atomic E-state index is 0.258. The highest BCUT2D eigenvalue weighted by molar-refractivity contribution is 7.80. The Bertz CT molecular complexity index is 303. The van der Waals surface area contributed by atoms with Crippen molar-refractivity contribution in [2.24, 2.45) is 0 Å². The molecule has 0 amide bonds. The molecule has 0 aliphatic rings. The molecule has 0 heterocycles. The van der Waals surface area contributed by atoms with Gasteiger partial charge >= 0.3 is 0 Å². The molecule has 13 heavy (non-hydrogen) atoms. The Balaban J connectivity index is 2.58. The molecule has 1 N–H and O–H groups in total. The van der Waals surface area contributed by atoms with Crippen LogP contribution in [0.5, 0.6) is 0 Å². The van der Waals surface area contributed by atoms with Gasteiger partial charge in [-0.25, -0.2) is 4.39 Å². The molecule has 1 rings (SSSR count). The maximum absolute atomic E-state index is 12.7. The fraction of sp³-hybridized carbons (Fsp3) is 0.222.